The number of amides is 1. The minimum atomic E-state index is -0.707. The van der Waals surface area contributed by atoms with Crippen molar-refractivity contribution < 1.29 is 9.72 Å². The van der Waals surface area contributed by atoms with E-state index in [1.165, 1.54) is 4.90 Å². The maximum absolute atomic E-state index is 12.2. The molecule has 0 bridgehead atoms. The number of rotatable bonds is 4. The minimum absolute atomic E-state index is 0.0189. The summed E-state index contributed by atoms with van der Waals surface area (Å²) in [6.07, 6.45) is 0.931. The molecule has 1 aromatic rings. The highest BCUT2D eigenvalue weighted by atomic mass is 35.5. The number of hydrogen-bond donors (Lipinski definition) is 0. The molecule has 0 fully saturated rings. The van der Waals surface area contributed by atoms with Gasteiger partial charge in [0.15, 0.2) is 0 Å². The molecule has 1 amide bonds. The van der Waals surface area contributed by atoms with Gasteiger partial charge >= 0.3 is 0 Å². The van der Waals surface area contributed by atoms with Crippen LogP contribution >= 0.6 is 11.6 Å². The van der Waals surface area contributed by atoms with Crippen molar-refractivity contribution in [2.24, 2.45) is 0 Å². The molecule has 8 heteroatoms. The molecule has 1 aromatic heterocycles. The first-order chi connectivity index (χ1) is 8.88. The largest absolute Gasteiger partial charge is 0.323 e. The van der Waals surface area contributed by atoms with Gasteiger partial charge in [-0.05, 0) is 19.9 Å². The molecule has 7 nitrogen and oxygen atoms in total. The molecule has 1 rings (SSSR count). The zero-order valence-electron chi connectivity index (χ0n) is 10.3. The highest BCUT2D eigenvalue weighted by molar-refractivity contribution is 6.29. The third-order valence-electron chi connectivity index (χ3n) is 2.40. The maximum atomic E-state index is 12.2. The van der Waals surface area contributed by atoms with Crippen LogP contribution in [0.2, 0.25) is 5.15 Å². The van der Waals surface area contributed by atoms with E-state index in [-0.39, 0.29) is 23.3 Å². The van der Waals surface area contributed by atoms with Crippen LogP contribution in [-0.4, -0.2) is 33.3 Å². The molecular weight excluding hydrogens is 272 g/mol. The topological polar surface area (TPSA) is 100 Å². The van der Waals surface area contributed by atoms with Gasteiger partial charge in [0.25, 0.3) is 11.6 Å². The predicted octanol–water partition coefficient (Wildman–Crippen LogP) is 2.02. The Kier molecular flexibility index (Phi) is 4.78. The van der Waals surface area contributed by atoms with Gasteiger partial charge in [0.05, 0.1) is 11.0 Å². The van der Waals surface area contributed by atoms with Crippen LogP contribution in [0.5, 0.6) is 0 Å². The molecule has 0 N–H and O–H groups in total. The molecule has 0 saturated heterocycles. The van der Waals surface area contributed by atoms with E-state index in [2.05, 4.69) is 4.98 Å². The zero-order chi connectivity index (χ0) is 14.6. The standard InChI is InChI=1S/C11H11ClN4O3/c1-7(2)15(4-3-13)11(17)8-5-10(12)14-6-9(8)16(18)19/h5-7H,4H2,1-2H3. The second kappa shape index (κ2) is 6.11. The molecule has 0 aliphatic carbocycles. The van der Waals surface area contributed by atoms with Crippen LogP contribution in [0, 0.1) is 21.4 Å². The molecule has 0 atom stereocenters. The van der Waals surface area contributed by atoms with Gasteiger partial charge in [0.1, 0.15) is 23.5 Å². The van der Waals surface area contributed by atoms with E-state index >= 15 is 0 Å². The van der Waals surface area contributed by atoms with E-state index in [4.69, 9.17) is 16.9 Å². The fraction of sp³-hybridized carbons (Fsp3) is 0.364. The van der Waals surface area contributed by atoms with Gasteiger partial charge in [0.2, 0.25) is 0 Å². The van der Waals surface area contributed by atoms with Crippen LogP contribution in [0.25, 0.3) is 0 Å². The Balaban J connectivity index is 3.28. The third kappa shape index (κ3) is 3.39. The number of nitrogens with zero attached hydrogens (tertiary/aromatic N) is 4. The normalized spacial score (nSPS) is 10.1. The predicted molar refractivity (Wildman–Crippen MR) is 67.7 cm³/mol. The highest BCUT2D eigenvalue weighted by Crippen LogP contribution is 2.22. The first-order valence-electron chi connectivity index (χ1n) is 5.36. The van der Waals surface area contributed by atoms with E-state index in [0.717, 1.165) is 12.3 Å². The number of carbonyl (C=O) groups excluding carboxylic acids is 1. The van der Waals surface area contributed by atoms with Gasteiger partial charge in [-0.25, -0.2) is 4.98 Å². The fourth-order valence-electron chi connectivity index (χ4n) is 1.46. The van der Waals surface area contributed by atoms with Gasteiger partial charge in [-0.1, -0.05) is 11.6 Å². The van der Waals surface area contributed by atoms with Crippen molar-refractivity contribution >= 4 is 23.2 Å². The van der Waals surface area contributed by atoms with Crippen LogP contribution in [0.1, 0.15) is 24.2 Å². The number of nitriles is 1. The van der Waals surface area contributed by atoms with Crippen LogP contribution < -0.4 is 0 Å². The van der Waals surface area contributed by atoms with Crippen molar-refractivity contribution in [1.29, 1.82) is 5.26 Å². The molecule has 0 spiro atoms. The Labute approximate surface area is 114 Å². The van der Waals surface area contributed by atoms with E-state index in [0.29, 0.717) is 0 Å². The van der Waals surface area contributed by atoms with E-state index in [9.17, 15) is 14.9 Å². The molecule has 100 valence electrons. The number of pyridine rings is 1. The zero-order valence-corrected chi connectivity index (χ0v) is 11.1. The highest BCUT2D eigenvalue weighted by Gasteiger charge is 2.27. The number of nitro groups is 1. The van der Waals surface area contributed by atoms with Crippen LogP contribution in [0.15, 0.2) is 12.3 Å². The van der Waals surface area contributed by atoms with Crippen molar-refractivity contribution in [2.45, 2.75) is 19.9 Å². The Hall–Kier alpha value is -2.20. The molecule has 0 aliphatic heterocycles. The summed E-state index contributed by atoms with van der Waals surface area (Å²) in [5.74, 6) is -0.618. The molecular formula is C11H11ClN4O3. The van der Waals surface area contributed by atoms with Crippen molar-refractivity contribution in [1.82, 2.24) is 9.88 Å². The Morgan fingerprint density at radius 2 is 2.32 bits per heavy atom. The number of carbonyl (C=O) groups is 1. The lowest BCUT2D eigenvalue weighted by Crippen LogP contribution is -2.37. The first kappa shape index (κ1) is 14.9. The van der Waals surface area contributed by atoms with Crippen LogP contribution in [0.4, 0.5) is 5.69 Å². The number of hydrogen-bond acceptors (Lipinski definition) is 5. The fourth-order valence-corrected chi connectivity index (χ4v) is 1.62. The molecule has 0 aliphatic rings. The minimum Gasteiger partial charge on any atom is -0.323 e. The molecule has 19 heavy (non-hydrogen) atoms. The molecule has 1 heterocycles. The smallest absolute Gasteiger partial charge is 0.300 e. The summed E-state index contributed by atoms with van der Waals surface area (Å²) in [6.45, 7) is 3.27. The summed E-state index contributed by atoms with van der Waals surface area (Å²) in [4.78, 5) is 27.2. The van der Waals surface area contributed by atoms with Crippen molar-refractivity contribution in [3.8, 4) is 6.07 Å². The second-order valence-electron chi connectivity index (χ2n) is 3.97. The Morgan fingerprint density at radius 3 is 2.79 bits per heavy atom. The third-order valence-corrected chi connectivity index (χ3v) is 2.61. The Morgan fingerprint density at radius 1 is 1.68 bits per heavy atom. The summed E-state index contributed by atoms with van der Waals surface area (Å²) in [5, 5.41) is 19.6. The lowest BCUT2D eigenvalue weighted by molar-refractivity contribution is -0.385. The first-order valence-corrected chi connectivity index (χ1v) is 5.74. The maximum Gasteiger partial charge on any atom is 0.300 e. The molecule has 0 saturated carbocycles. The second-order valence-corrected chi connectivity index (χ2v) is 4.35. The summed E-state index contributed by atoms with van der Waals surface area (Å²) in [5.41, 5.74) is -0.605. The van der Waals surface area contributed by atoms with Crippen LogP contribution in [0.3, 0.4) is 0 Å². The van der Waals surface area contributed by atoms with Gasteiger partial charge in [-0.2, -0.15) is 5.26 Å². The quantitative estimate of drug-likeness (QED) is 0.364. The van der Waals surface area contributed by atoms with E-state index in [1.807, 2.05) is 6.07 Å². The van der Waals surface area contributed by atoms with E-state index < -0.39 is 16.5 Å². The average molecular weight is 283 g/mol. The van der Waals surface area contributed by atoms with Crippen molar-refractivity contribution in [3.05, 3.63) is 33.1 Å². The Bertz CT molecular complexity index is 553. The molecule has 0 radical (unpaired) electrons. The van der Waals surface area contributed by atoms with Gasteiger partial charge < -0.3 is 4.90 Å². The molecule has 0 unspecified atom stereocenters. The van der Waals surface area contributed by atoms with Crippen molar-refractivity contribution in [2.75, 3.05) is 6.54 Å². The van der Waals surface area contributed by atoms with Gasteiger partial charge in [0, 0.05) is 6.04 Å². The number of aromatic nitrogens is 1. The monoisotopic (exact) mass is 282 g/mol. The summed E-state index contributed by atoms with van der Waals surface area (Å²) in [7, 11) is 0. The van der Waals surface area contributed by atoms with Gasteiger partial charge in [-0.15, -0.1) is 0 Å². The summed E-state index contributed by atoms with van der Waals surface area (Å²) < 4.78 is 0. The van der Waals surface area contributed by atoms with Crippen molar-refractivity contribution in [3.63, 3.8) is 0 Å². The van der Waals surface area contributed by atoms with E-state index in [1.54, 1.807) is 13.8 Å². The van der Waals surface area contributed by atoms with Gasteiger partial charge in [-0.3, -0.25) is 14.9 Å². The lowest BCUT2D eigenvalue weighted by Gasteiger charge is -2.23. The SMILES string of the molecule is CC(C)N(CC#N)C(=O)c1cc(Cl)ncc1[N+](=O)[O-]. The molecule has 0 aromatic carbocycles. The van der Waals surface area contributed by atoms with Crippen LogP contribution in [-0.2, 0) is 0 Å². The lowest BCUT2D eigenvalue weighted by atomic mass is 10.1. The summed E-state index contributed by atoms with van der Waals surface area (Å²) in [6, 6.07) is 2.72. The number of halogens is 1. The average Bonchev–Trinajstić information content (AvgIpc) is 2.34. The summed E-state index contributed by atoms with van der Waals surface area (Å²) >= 11 is 5.66.